The minimum atomic E-state index is 1.21. The van der Waals surface area contributed by atoms with Crippen LogP contribution >= 0.6 is 0 Å². The zero-order valence-corrected chi connectivity index (χ0v) is 12.6. The molecule has 108 valence electrons. The molecule has 0 heterocycles. The van der Waals surface area contributed by atoms with E-state index in [9.17, 15) is 0 Å². The summed E-state index contributed by atoms with van der Waals surface area (Å²) in [5.41, 5.74) is 0. The van der Waals surface area contributed by atoms with Gasteiger partial charge in [0.1, 0.15) is 0 Å². The lowest BCUT2D eigenvalue weighted by Gasteiger charge is -1.99. The van der Waals surface area contributed by atoms with Crippen LogP contribution in [0.25, 0.3) is 0 Å². The van der Waals surface area contributed by atoms with Crippen LogP contribution in [0.3, 0.4) is 0 Å². The fraction of sp³-hybridized carbons (Fsp3) is 0.400. The Balaban J connectivity index is 2.38. The van der Waals surface area contributed by atoms with Crippen LogP contribution < -0.4 is 0 Å². The number of allylic oxidation sites excluding steroid dienone is 12. The summed E-state index contributed by atoms with van der Waals surface area (Å²) < 4.78 is 0. The van der Waals surface area contributed by atoms with Gasteiger partial charge in [0.25, 0.3) is 0 Å². The third-order valence-corrected chi connectivity index (χ3v) is 3.26. The first-order valence-corrected chi connectivity index (χ1v) is 7.98. The molecule has 0 fully saturated rings. The molecule has 1 rings (SSSR count). The topological polar surface area (TPSA) is 0 Å². The summed E-state index contributed by atoms with van der Waals surface area (Å²) in [6, 6.07) is 0. The molecule has 0 unspecified atom stereocenters. The second kappa shape index (κ2) is 13.9. The highest BCUT2D eigenvalue weighted by atomic mass is 14.0. The Morgan fingerprint density at radius 3 is 1.00 bits per heavy atom. The number of hydrogen-bond donors (Lipinski definition) is 0. The first kappa shape index (κ1) is 16.5. The summed E-state index contributed by atoms with van der Waals surface area (Å²) in [6.07, 6.45) is 36.0. The van der Waals surface area contributed by atoms with Gasteiger partial charge in [-0.15, -0.1) is 0 Å². The summed E-state index contributed by atoms with van der Waals surface area (Å²) in [7, 11) is 0. The van der Waals surface area contributed by atoms with Crippen molar-refractivity contribution in [3.63, 3.8) is 0 Å². The largest absolute Gasteiger partial charge is 0.0845 e. The zero-order valence-electron chi connectivity index (χ0n) is 12.6. The molecule has 0 aromatic carbocycles. The van der Waals surface area contributed by atoms with Crippen LogP contribution in [0.1, 0.15) is 51.4 Å². The highest BCUT2D eigenvalue weighted by Crippen LogP contribution is 2.09. The van der Waals surface area contributed by atoms with Gasteiger partial charge < -0.3 is 0 Å². The van der Waals surface area contributed by atoms with E-state index in [1.807, 2.05) is 0 Å². The summed E-state index contributed by atoms with van der Waals surface area (Å²) in [4.78, 5) is 0. The molecule has 0 saturated carbocycles. The van der Waals surface area contributed by atoms with E-state index in [4.69, 9.17) is 0 Å². The van der Waals surface area contributed by atoms with Crippen LogP contribution in [-0.4, -0.2) is 0 Å². The normalized spacial score (nSPS) is 19.2. The molecule has 0 nitrogen and oxygen atoms in total. The zero-order chi connectivity index (χ0) is 14.1. The SMILES string of the molecule is C1=CC=CC=CCCCCCCCCC=CC=CC=C1. The fourth-order valence-corrected chi connectivity index (χ4v) is 2.09. The van der Waals surface area contributed by atoms with Crippen LogP contribution in [0.5, 0.6) is 0 Å². The lowest BCUT2D eigenvalue weighted by molar-refractivity contribution is 0.600. The summed E-state index contributed by atoms with van der Waals surface area (Å²) in [5.74, 6) is 0. The van der Waals surface area contributed by atoms with Crippen molar-refractivity contribution in [3.05, 3.63) is 72.9 Å². The van der Waals surface area contributed by atoms with Crippen molar-refractivity contribution in [2.24, 2.45) is 0 Å². The van der Waals surface area contributed by atoms with E-state index < -0.39 is 0 Å². The highest BCUT2D eigenvalue weighted by molar-refractivity contribution is 5.19. The Morgan fingerprint density at radius 1 is 0.300 bits per heavy atom. The Morgan fingerprint density at radius 2 is 0.600 bits per heavy atom. The lowest BCUT2D eigenvalue weighted by atomic mass is 10.1. The number of hydrogen-bond acceptors (Lipinski definition) is 0. The van der Waals surface area contributed by atoms with Gasteiger partial charge in [-0.25, -0.2) is 0 Å². The van der Waals surface area contributed by atoms with Crippen LogP contribution in [-0.2, 0) is 0 Å². The minimum absolute atomic E-state index is 1.21. The third kappa shape index (κ3) is 11.5. The smallest absolute Gasteiger partial charge is 0.0348 e. The molecule has 20 heavy (non-hydrogen) atoms. The summed E-state index contributed by atoms with van der Waals surface area (Å²) >= 11 is 0. The monoisotopic (exact) mass is 268 g/mol. The van der Waals surface area contributed by atoms with Gasteiger partial charge in [0.05, 0.1) is 0 Å². The molecule has 0 radical (unpaired) electrons. The Kier molecular flexibility index (Phi) is 11.4. The summed E-state index contributed by atoms with van der Waals surface area (Å²) in [5, 5.41) is 0. The van der Waals surface area contributed by atoms with Crippen molar-refractivity contribution < 1.29 is 0 Å². The molecule has 0 bridgehead atoms. The maximum atomic E-state index is 2.27. The van der Waals surface area contributed by atoms with Crippen LogP contribution in [0.15, 0.2) is 72.9 Å². The van der Waals surface area contributed by atoms with Gasteiger partial charge in [-0.05, 0) is 25.7 Å². The van der Waals surface area contributed by atoms with Crippen molar-refractivity contribution >= 4 is 0 Å². The van der Waals surface area contributed by atoms with E-state index in [1.165, 1.54) is 51.4 Å². The first-order valence-electron chi connectivity index (χ1n) is 7.98. The first-order chi connectivity index (χ1) is 10.0. The molecule has 0 saturated heterocycles. The molecule has 1 aliphatic rings. The predicted octanol–water partition coefficient (Wildman–Crippen LogP) is 6.46. The van der Waals surface area contributed by atoms with Crippen molar-refractivity contribution in [1.29, 1.82) is 0 Å². The van der Waals surface area contributed by atoms with Crippen molar-refractivity contribution in [1.82, 2.24) is 0 Å². The van der Waals surface area contributed by atoms with Crippen molar-refractivity contribution in [3.8, 4) is 0 Å². The number of rotatable bonds is 0. The van der Waals surface area contributed by atoms with Gasteiger partial charge in [0.2, 0.25) is 0 Å². The predicted molar refractivity (Wildman–Crippen MR) is 91.8 cm³/mol. The van der Waals surface area contributed by atoms with Gasteiger partial charge in [-0.1, -0.05) is 98.6 Å². The van der Waals surface area contributed by atoms with Crippen LogP contribution in [0.2, 0.25) is 0 Å². The third-order valence-electron chi connectivity index (χ3n) is 3.26. The molecule has 0 aromatic rings. The van der Waals surface area contributed by atoms with E-state index in [2.05, 4.69) is 72.9 Å². The van der Waals surface area contributed by atoms with E-state index in [-0.39, 0.29) is 0 Å². The van der Waals surface area contributed by atoms with Gasteiger partial charge >= 0.3 is 0 Å². The average molecular weight is 268 g/mol. The fourth-order valence-electron chi connectivity index (χ4n) is 2.09. The second-order valence-electron chi connectivity index (χ2n) is 5.09. The molecule has 0 atom stereocenters. The molecule has 0 heteroatoms. The lowest BCUT2D eigenvalue weighted by Crippen LogP contribution is -1.79. The molecule has 1 aliphatic carbocycles. The Labute approximate surface area is 125 Å². The van der Waals surface area contributed by atoms with Gasteiger partial charge in [0.15, 0.2) is 0 Å². The maximum Gasteiger partial charge on any atom is -0.0348 e. The van der Waals surface area contributed by atoms with Gasteiger partial charge in [0, 0.05) is 0 Å². The van der Waals surface area contributed by atoms with E-state index >= 15 is 0 Å². The van der Waals surface area contributed by atoms with E-state index in [0.29, 0.717) is 0 Å². The quantitative estimate of drug-likeness (QED) is 0.473. The Hall–Kier alpha value is -1.56. The van der Waals surface area contributed by atoms with Crippen LogP contribution in [0.4, 0.5) is 0 Å². The maximum absolute atomic E-state index is 2.27. The molecule has 0 aromatic heterocycles. The second-order valence-corrected chi connectivity index (χ2v) is 5.09. The Bertz CT molecular complexity index is 337. The van der Waals surface area contributed by atoms with Gasteiger partial charge in [-0.2, -0.15) is 0 Å². The molecule has 0 spiro atoms. The molecule has 0 aliphatic heterocycles. The standard InChI is InChI=1S/C20H28/c1-2-4-6-8-10-12-14-16-18-20-19-17-15-13-11-9-7-5-3-1/h1-12H,13-20H2. The average Bonchev–Trinajstić information content (AvgIpc) is 2.46. The van der Waals surface area contributed by atoms with Gasteiger partial charge in [-0.3, -0.25) is 0 Å². The summed E-state index contributed by atoms with van der Waals surface area (Å²) in [6.45, 7) is 0. The molecule has 0 amide bonds. The molecular weight excluding hydrogens is 240 g/mol. The minimum Gasteiger partial charge on any atom is -0.0845 e. The highest BCUT2D eigenvalue weighted by Gasteiger charge is 1.89. The molecular formula is C20H28. The van der Waals surface area contributed by atoms with Crippen LogP contribution in [0, 0.1) is 0 Å². The van der Waals surface area contributed by atoms with E-state index in [1.54, 1.807) is 0 Å². The van der Waals surface area contributed by atoms with Crippen molar-refractivity contribution in [2.75, 3.05) is 0 Å². The van der Waals surface area contributed by atoms with Crippen molar-refractivity contribution in [2.45, 2.75) is 51.4 Å². The molecule has 0 N–H and O–H groups in total. The van der Waals surface area contributed by atoms with E-state index in [0.717, 1.165) is 0 Å².